The van der Waals surface area contributed by atoms with E-state index in [1.807, 2.05) is 24.3 Å². The van der Waals surface area contributed by atoms with Gasteiger partial charge in [0.2, 0.25) is 0 Å². The molecule has 2 heterocycles. The van der Waals surface area contributed by atoms with Crippen LogP contribution in [-0.4, -0.2) is 48.6 Å². The molecule has 1 aromatic carbocycles. The number of halogens is 1. The van der Waals surface area contributed by atoms with Gasteiger partial charge < -0.3 is 14.8 Å². The lowest BCUT2D eigenvalue weighted by Gasteiger charge is -2.25. The maximum atomic E-state index is 12.3. The Kier molecular flexibility index (Phi) is 4.79. The number of carbonyl (C=O) groups is 1. The Morgan fingerprint density at radius 2 is 2.26 bits per heavy atom. The van der Waals surface area contributed by atoms with E-state index in [-0.39, 0.29) is 5.91 Å². The fraction of sp³-hybridized carbons (Fsp3) is 0.375. The first-order chi connectivity index (χ1) is 11.1. The first-order valence-corrected chi connectivity index (χ1v) is 8.14. The van der Waals surface area contributed by atoms with Crippen molar-refractivity contribution in [2.45, 2.75) is 12.0 Å². The van der Waals surface area contributed by atoms with Crippen LogP contribution in [0.3, 0.4) is 0 Å². The van der Waals surface area contributed by atoms with E-state index in [9.17, 15) is 4.79 Å². The van der Waals surface area contributed by atoms with E-state index in [2.05, 4.69) is 31.4 Å². The number of benzene rings is 1. The first-order valence-electron chi connectivity index (χ1n) is 7.34. The minimum absolute atomic E-state index is 0.204. The average Bonchev–Trinajstić information content (AvgIpc) is 3.23. The number of aromatic amines is 1. The standard InChI is InChI=1S/C16H18BrN3O3/c1-22-16(6-7-23-10-16)9-18-15(21)14-8-13(19-20-14)11-2-4-12(17)5-3-11/h2-5,8H,6-7,9-10H2,1H3,(H,18,21)(H,19,20). The lowest BCUT2D eigenvalue weighted by molar-refractivity contribution is -0.0149. The molecule has 0 aliphatic carbocycles. The van der Waals surface area contributed by atoms with Gasteiger partial charge >= 0.3 is 0 Å². The van der Waals surface area contributed by atoms with Crippen molar-refractivity contribution in [3.63, 3.8) is 0 Å². The molecule has 1 aliphatic rings. The number of ether oxygens (including phenoxy) is 2. The Bertz CT molecular complexity index is 678. The summed E-state index contributed by atoms with van der Waals surface area (Å²) in [6.45, 7) is 1.56. The molecule has 6 nitrogen and oxygen atoms in total. The molecule has 7 heteroatoms. The van der Waals surface area contributed by atoms with Gasteiger partial charge in [-0.2, -0.15) is 5.10 Å². The molecule has 2 aromatic rings. The molecule has 0 spiro atoms. The summed E-state index contributed by atoms with van der Waals surface area (Å²) in [6, 6.07) is 9.50. The van der Waals surface area contributed by atoms with Crippen molar-refractivity contribution in [1.82, 2.24) is 15.5 Å². The fourth-order valence-corrected chi connectivity index (χ4v) is 2.77. The molecule has 1 amide bonds. The molecule has 3 rings (SSSR count). The Hall–Kier alpha value is -1.70. The van der Waals surface area contributed by atoms with Crippen LogP contribution in [0.2, 0.25) is 0 Å². The Morgan fingerprint density at radius 1 is 1.48 bits per heavy atom. The van der Waals surface area contributed by atoms with Crippen molar-refractivity contribution in [3.05, 3.63) is 40.5 Å². The third-order valence-electron chi connectivity index (χ3n) is 4.03. The normalized spacial score (nSPS) is 20.6. The summed E-state index contributed by atoms with van der Waals surface area (Å²) in [7, 11) is 1.64. The van der Waals surface area contributed by atoms with E-state index in [0.29, 0.717) is 25.5 Å². The molecule has 23 heavy (non-hydrogen) atoms. The van der Waals surface area contributed by atoms with E-state index in [0.717, 1.165) is 22.2 Å². The average molecular weight is 380 g/mol. The Balaban J connectivity index is 1.65. The predicted octanol–water partition coefficient (Wildman–Crippen LogP) is 2.37. The van der Waals surface area contributed by atoms with Gasteiger partial charge in [0, 0.05) is 36.7 Å². The van der Waals surface area contributed by atoms with Crippen LogP contribution in [0.5, 0.6) is 0 Å². The number of H-pyrrole nitrogens is 1. The highest BCUT2D eigenvalue weighted by Crippen LogP contribution is 2.22. The van der Waals surface area contributed by atoms with Crippen LogP contribution in [0.1, 0.15) is 16.9 Å². The molecule has 1 aromatic heterocycles. The summed E-state index contributed by atoms with van der Waals surface area (Å²) in [4.78, 5) is 12.3. The number of nitrogens with one attached hydrogen (secondary N) is 2. The second-order valence-electron chi connectivity index (χ2n) is 5.55. The number of hydrogen-bond donors (Lipinski definition) is 2. The van der Waals surface area contributed by atoms with E-state index in [1.165, 1.54) is 0 Å². The quantitative estimate of drug-likeness (QED) is 0.835. The number of nitrogens with zero attached hydrogens (tertiary/aromatic N) is 1. The lowest BCUT2D eigenvalue weighted by atomic mass is 10.0. The zero-order chi connectivity index (χ0) is 16.3. The van der Waals surface area contributed by atoms with Crippen LogP contribution < -0.4 is 5.32 Å². The van der Waals surface area contributed by atoms with Crippen LogP contribution in [0.25, 0.3) is 11.3 Å². The molecule has 1 saturated heterocycles. The minimum Gasteiger partial charge on any atom is -0.378 e. The summed E-state index contributed by atoms with van der Waals surface area (Å²) in [6.07, 6.45) is 0.775. The molecule has 1 aliphatic heterocycles. The van der Waals surface area contributed by atoms with Crippen molar-refractivity contribution in [2.75, 3.05) is 26.9 Å². The van der Waals surface area contributed by atoms with Crippen LogP contribution in [0, 0.1) is 0 Å². The number of aromatic nitrogens is 2. The smallest absolute Gasteiger partial charge is 0.269 e. The molecule has 1 fully saturated rings. The first kappa shape index (κ1) is 16.2. The largest absolute Gasteiger partial charge is 0.378 e. The fourth-order valence-electron chi connectivity index (χ4n) is 2.50. The van der Waals surface area contributed by atoms with Crippen LogP contribution in [0.4, 0.5) is 0 Å². The SMILES string of the molecule is COC1(CNC(=O)c2cc(-c3ccc(Br)cc3)n[nH]2)CCOC1. The highest BCUT2D eigenvalue weighted by Gasteiger charge is 2.35. The monoisotopic (exact) mass is 379 g/mol. The summed E-state index contributed by atoms with van der Waals surface area (Å²) in [5, 5.41) is 9.86. The van der Waals surface area contributed by atoms with E-state index in [4.69, 9.17) is 9.47 Å². The van der Waals surface area contributed by atoms with Gasteiger partial charge in [0.15, 0.2) is 0 Å². The molecule has 2 N–H and O–H groups in total. The summed E-state index contributed by atoms with van der Waals surface area (Å²) >= 11 is 3.40. The van der Waals surface area contributed by atoms with Crippen molar-refractivity contribution in [2.24, 2.45) is 0 Å². The third kappa shape index (κ3) is 3.63. The van der Waals surface area contributed by atoms with E-state index < -0.39 is 5.60 Å². The van der Waals surface area contributed by atoms with Gasteiger partial charge in [-0.1, -0.05) is 28.1 Å². The summed E-state index contributed by atoms with van der Waals surface area (Å²) < 4.78 is 11.9. The van der Waals surface area contributed by atoms with Crippen molar-refractivity contribution < 1.29 is 14.3 Å². The molecule has 0 bridgehead atoms. The molecule has 1 atom stereocenters. The number of amides is 1. The number of methoxy groups -OCH3 is 1. The van der Waals surface area contributed by atoms with Gasteiger partial charge in [-0.25, -0.2) is 0 Å². The lowest BCUT2D eigenvalue weighted by Crippen LogP contribution is -2.45. The van der Waals surface area contributed by atoms with Crippen molar-refractivity contribution >= 4 is 21.8 Å². The molecule has 122 valence electrons. The maximum absolute atomic E-state index is 12.3. The van der Waals surface area contributed by atoms with Gasteiger partial charge in [-0.05, 0) is 18.2 Å². The topological polar surface area (TPSA) is 76.2 Å². The molecule has 0 saturated carbocycles. The number of carbonyl (C=O) groups excluding carboxylic acids is 1. The van der Waals surface area contributed by atoms with Gasteiger partial charge in [0.25, 0.3) is 5.91 Å². The van der Waals surface area contributed by atoms with Gasteiger partial charge in [0.1, 0.15) is 11.3 Å². The zero-order valence-corrected chi connectivity index (χ0v) is 14.4. The molecule has 0 radical (unpaired) electrons. The van der Waals surface area contributed by atoms with E-state index in [1.54, 1.807) is 13.2 Å². The number of hydrogen-bond acceptors (Lipinski definition) is 4. The Morgan fingerprint density at radius 3 is 2.91 bits per heavy atom. The highest BCUT2D eigenvalue weighted by molar-refractivity contribution is 9.10. The van der Waals surface area contributed by atoms with Gasteiger partial charge in [0.05, 0.1) is 12.3 Å². The van der Waals surface area contributed by atoms with E-state index >= 15 is 0 Å². The van der Waals surface area contributed by atoms with Crippen LogP contribution in [-0.2, 0) is 9.47 Å². The van der Waals surface area contributed by atoms with Gasteiger partial charge in [-0.3, -0.25) is 9.89 Å². The zero-order valence-electron chi connectivity index (χ0n) is 12.8. The molecule has 1 unspecified atom stereocenters. The molecular weight excluding hydrogens is 362 g/mol. The second kappa shape index (κ2) is 6.82. The van der Waals surface area contributed by atoms with Crippen molar-refractivity contribution in [3.8, 4) is 11.3 Å². The van der Waals surface area contributed by atoms with Gasteiger partial charge in [-0.15, -0.1) is 0 Å². The second-order valence-corrected chi connectivity index (χ2v) is 6.46. The summed E-state index contributed by atoms with van der Waals surface area (Å²) in [5.74, 6) is -0.204. The van der Waals surface area contributed by atoms with Crippen LogP contribution in [0.15, 0.2) is 34.8 Å². The highest BCUT2D eigenvalue weighted by atomic mass is 79.9. The molecular formula is C16H18BrN3O3. The Labute approximate surface area is 142 Å². The summed E-state index contributed by atoms with van der Waals surface area (Å²) in [5.41, 5.74) is 1.67. The van der Waals surface area contributed by atoms with Crippen LogP contribution >= 0.6 is 15.9 Å². The minimum atomic E-state index is -0.426. The third-order valence-corrected chi connectivity index (χ3v) is 4.56. The predicted molar refractivity (Wildman–Crippen MR) is 89.2 cm³/mol. The maximum Gasteiger partial charge on any atom is 0.269 e. The number of rotatable bonds is 5. The van der Waals surface area contributed by atoms with Crippen molar-refractivity contribution in [1.29, 1.82) is 0 Å².